The van der Waals surface area contributed by atoms with Crippen LogP contribution in [0.5, 0.6) is 0 Å². The first-order chi connectivity index (χ1) is 9.63. The van der Waals surface area contributed by atoms with Crippen molar-refractivity contribution in [2.24, 2.45) is 5.92 Å². The Kier molecular flexibility index (Phi) is 7.30. The maximum atomic E-state index is 12.5. The van der Waals surface area contributed by atoms with E-state index in [4.69, 9.17) is 4.74 Å². The number of ether oxygens (including phenoxy) is 2. The average Bonchev–Trinajstić information content (AvgIpc) is 2.92. The molecule has 1 aliphatic rings. The summed E-state index contributed by atoms with van der Waals surface area (Å²) in [5.41, 5.74) is 0. The van der Waals surface area contributed by atoms with Gasteiger partial charge in [0.15, 0.2) is 0 Å². The number of carbonyl (C=O) groups is 2. The second-order valence-electron chi connectivity index (χ2n) is 5.04. The molecule has 20 heavy (non-hydrogen) atoms. The highest BCUT2D eigenvalue weighted by Gasteiger charge is 2.33. The van der Waals surface area contributed by atoms with Crippen molar-refractivity contribution < 1.29 is 19.1 Å². The minimum atomic E-state index is -0.330. The molecule has 1 amide bonds. The summed E-state index contributed by atoms with van der Waals surface area (Å²) in [6.45, 7) is 7.31. The predicted molar refractivity (Wildman–Crippen MR) is 76.2 cm³/mol. The van der Waals surface area contributed by atoms with E-state index >= 15 is 0 Å². The first-order valence-corrected chi connectivity index (χ1v) is 7.19. The lowest BCUT2D eigenvalue weighted by Gasteiger charge is -2.28. The lowest BCUT2D eigenvalue weighted by molar-refractivity contribution is -0.147. The molecule has 0 radical (unpaired) electrons. The summed E-state index contributed by atoms with van der Waals surface area (Å²) in [6, 6.07) is 0.120. The van der Waals surface area contributed by atoms with Crippen LogP contribution in [0.15, 0.2) is 12.7 Å². The van der Waals surface area contributed by atoms with E-state index in [-0.39, 0.29) is 30.3 Å². The molecule has 114 valence electrons. The highest BCUT2D eigenvalue weighted by molar-refractivity contribution is 5.84. The number of methoxy groups -OCH3 is 1. The van der Waals surface area contributed by atoms with E-state index in [2.05, 4.69) is 11.3 Å². The molecule has 0 spiro atoms. The van der Waals surface area contributed by atoms with E-state index in [0.29, 0.717) is 19.6 Å². The lowest BCUT2D eigenvalue weighted by Crippen LogP contribution is -2.42. The number of hydrogen-bond donors (Lipinski definition) is 0. The third kappa shape index (κ3) is 4.63. The van der Waals surface area contributed by atoms with E-state index in [1.54, 1.807) is 6.08 Å². The fourth-order valence-electron chi connectivity index (χ4n) is 2.51. The van der Waals surface area contributed by atoms with Crippen LogP contribution in [0.4, 0.5) is 0 Å². The van der Waals surface area contributed by atoms with E-state index in [1.165, 1.54) is 7.11 Å². The minimum absolute atomic E-state index is 0.0441. The molecule has 1 heterocycles. The molecule has 1 unspecified atom stereocenters. The second kappa shape index (κ2) is 8.74. The Morgan fingerprint density at radius 2 is 2.25 bits per heavy atom. The van der Waals surface area contributed by atoms with Crippen molar-refractivity contribution >= 4 is 11.9 Å². The van der Waals surface area contributed by atoms with Gasteiger partial charge in [0.1, 0.15) is 0 Å². The third-order valence-corrected chi connectivity index (χ3v) is 3.69. The minimum Gasteiger partial charge on any atom is -0.469 e. The summed E-state index contributed by atoms with van der Waals surface area (Å²) in [4.78, 5) is 25.7. The molecule has 0 N–H and O–H groups in total. The van der Waals surface area contributed by atoms with Crippen LogP contribution in [0.2, 0.25) is 0 Å². The van der Waals surface area contributed by atoms with Crippen molar-refractivity contribution in [2.45, 2.75) is 38.6 Å². The SMILES string of the molecule is C=CCOCC1CCCN1C(=O)[C@H](CC)CC(=O)OC. The quantitative estimate of drug-likeness (QED) is 0.387. The molecule has 0 bridgehead atoms. The second-order valence-corrected chi connectivity index (χ2v) is 5.04. The first-order valence-electron chi connectivity index (χ1n) is 7.19. The van der Waals surface area contributed by atoms with Crippen LogP contribution in [-0.4, -0.2) is 49.7 Å². The Morgan fingerprint density at radius 3 is 2.85 bits per heavy atom. The van der Waals surface area contributed by atoms with Gasteiger partial charge in [0, 0.05) is 12.5 Å². The number of rotatable bonds is 8. The van der Waals surface area contributed by atoms with Gasteiger partial charge < -0.3 is 14.4 Å². The molecule has 0 aromatic carbocycles. The van der Waals surface area contributed by atoms with Crippen molar-refractivity contribution in [3.63, 3.8) is 0 Å². The van der Waals surface area contributed by atoms with Gasteiger partial charge in [0.25, 0.3) is 0 Å². The standard InChI is InChI=1S/C15H25NO4/c1-4-9-20-11-13-7-6-8-16(13)15(18)12(5-2)10-14(17)19-3/h4,12-13H,1,5-11H2,2-3H3/t12-,13?/m1/s1. The smallest absolute Gasteiger partial charge is 0.306 e. The molecule has 1 fully saturated rings. The van der Waals surface area contributed by atoms with Crippen LogP contribution < -0.4 is 0 Å². The summed E-state index contributed by atoms with van der Waals surface area (Å²) >= 11 is 0. The largest absolute Gasteiger partial charge is 0.469 e. The van der Waals surface area contributed by atoms with E-state index < -0.39 is 0 Å². The zero-order valence-corrected chi connectivity index (χ0v) is 12.5. The van der Waals surface area contributed by atoms with Gasteiger partial charge >= 0.3 is 5.97 Å². The molecular formula is C15H25NO4. The van der Waals surface area contributed by atoms with Gasteiger partial charge in [-0.2, -0.15) is 0 Å². The fraction of sp³-hybridized carbons (Fsp3) is 0.733. The Hall–Kier alpha value is -1.36. The van der Waals surface area contributed by atoms with Gasteiger partial charge in [-0.05, 0) is 19.3 Å². The van der Waals surface area contributed by atoms with Crippen LogP contribution in [0, 0.1) is 5.92 Å². The van der Waals surface area contributed by atoms with Gasteiger partial charge in [0.2, 0.25) is 5.91 Å². The Bertz CT molecular complexity index is 343. The number of esters is 1. The number of likely N-dealkylation sites (tertiary alicyclic amines) is 1. The van der Waals surface area contributed by atoms with E-state index in [0.717, 1.165) is 19.4 Å². The molecule has 1 rings (SSSR count). The predicted octanol–water partition coefficient (Wildman–Crippen LogP) is 1.77. The molecule has 0 aliphatic carbocycles. The number of carbonyl (C=O) groups excluding carboxylic acids is 2. The number of amides is 1. The monoisotopic (exact) mass is 283 g/mol. The fourth-order valence-corrected chi connectivity index (χ4v) is 2.51. The highest BCUT2D eigenvalue weighted by atomic mass is 16.5. The van der Waals surface area contributed by atoms with Gasteiger partial charge in [-0.3, -0.25) is 9.59 Å². The summed E-state index contributed by atoms with van der Waals surface area (Å²) in [6.07, 6.45) is 4.44. The molecule has 0 saturated carbocycles. The number of nitrogens with zero attached hydrogens (tertiary/aromatic N) is 1. The molecule has 5 heteroatoms. The molecule has 2 atom stereocenters. The molecule has 1 aliphatic heterocycles. The maximum absolute atomic E-state index is 12.5. The zero-order chi connectivity index (χ0) is 15.0. The molecular weight excluding hydrogens is 258 g/mol. The summed E-state index contributed by atoms with van der Waals surface area (Å²) in [5, 5.41) is 0. The zero-order valence-electron chi connectivity index (χ0n) is 12.5. The van der Waals surface area contributed by atoms with Crippen molar-refractivity contribution in [3.8, 4) is 0 Å². The highest BCUT2D eigenvalue weighted by Crippen LogP contribution is 2.23. The lowest BCUT2D eigenvalue weighted by atomic mass is 10.0. The van der Waals surface area contributed by atoms with E-state index in [1.807, 2.05) is 11.8 Å². The Labute approximate surface area is 120 Å². The molecule has 1 saturated heterocycles. The van der Waals surface area contributed by atoms with Gasteiger partial charge in [-0.25, -0.2) is 0 Å². The topological polar surface area (TPSA) is 55.8 Å². The van der Waals surface area contributed by atoms with Crippen molar-refractivity contribution in [1.29, 1.82) is 0 Å². The van der Waals surface area contributed by atoms with Crippen molar-refractivity contribution in [1.82, 2.24) is 4.90 Å². The van der Waals surface area contributed by atoms with Crippen LogP contribution >= 0.6 is 0 Å². The third-order valence-electron chi connectivity index (χ3n) is 3.69. The van der Waals surface area contributed by atoms with Crippen LogP contribution in [0.25, 0.3) is 0 Å². The molecule has 0 aromatic rings. The Balaban J connectivity index is 2.57. The van der Waals surface area contributed by atoms with Crippen molar-refractivity contribution in [3.05, 3.63) is 12.7 Å². The molecule has 5 nitrogen and oxygen atoms in total. The van der Waals surface area contributed by atoms with E-state index in [9.17, 15) is 9.59 Å². The van der Waals surface area contributed by atoms with Gasteiger partial charge in [-0.15, -0.1) is 6.58 Å². The summed E-state index contributed by atoms with van der Waals surface area (Å²) in [5.74, 6) is -0.575. The van der Waals surface area contributed by atoms with Crippen LogP contribution in [0.3, 0.4) is 0 Å². The van der Waals surface area contributed by atoms with Gasteiger partial charge in [0.05, 0.1) is 32.8 Å². The first kappa shape index (κ1) is 16.7. The van der Waals surface area contributed by atoms with Crippen LogP contribution in [-0.2, 0) is 19.1 Å². The average molecular weight is 283 g/mol. The number of hydrogen-bond acceptors (Lipinski definition) is 4. The molecule has 0 aromatic heterocycles. The normalized spacial score (nSPS) is 19.7. The van der Waals surface area contributed by atoms with Crippen molar-refractivity contribution in [2.75, 3.05) is 26.9 Å². The maximum Gasteiger partial charge on any atom is 0.306 e. The van der Waals surface area contributed by atoms with Gasteiger partial charge in [-0.1, -0.05) is 13.0 Å². The summed E-state index contributed by atoms with van der Waals surface area (Å²) < 4.78 is 10.1. The van der Waals surface area contributed by atoms with Crippen LogP contribution in [0.1, 0.15) is 32.6 Å². The summed E-state index contributed by atoms with van der Waals surface area (Å²) in [7, 11) is 1.35. The Morgan fingerprint density at radius 1 is 1.50 bits per heavy atom.